The van der Waals surface area contributed by atoms with Gasteiger partial charge in [-0.1, -0.05) is 18.2 Å². The molecule has 0 saturated carbocycles. The van der Waals surface area contributed by atoms with Crippen LogP contribution < -0.4 is 10.6 Å². The van der Waals surface area contributed by atoms with E-state index >= 15 is 0 Å². The van der Waals surface area contributed by atoms with Gasteiger partial charge in [0.25, 0.3) is 0 Å². The van der Waals surface area contributed by atoms with Gasteiger partial charge in [0.1, 0.15) is 5.82 Å². The minimum absolute atomic E-state index is 0.0182. The van der Waals surface area contributed by atoms with Crippen LogP contribution >= 0.6 is 0 Å². The fourth-order valence-corrected chi connectivity index (χ4v) is 1.87. The van der Waals surface area contributed by atoms with Crippen molar-refractivity contribution in [2.24, 2.45) is 0 Å². The van der Waals surface area contributed by atoms with Gasteiger partial charge in [0.05, 0.1) is 12.2 Å². The molecule has 0 aromatic heterocycles. The molecule has 2 aromatic rings. The molecule has 2 N–H and O–H groups in total. The average Bonchev–Trinajstić information content (AvgIpc) is 2.45. The number of amides is 1. The van der Waals surface area contributed by atoms with E-state index in [-0.39, 0.29) is 24.1 Å². The molecular weight excluding hydrogens is 271 g/mol. The molecule has 0 atom stereocenters. The maximum absolute atomic E-state index is 13.0. The smallest absolute Gasteiger partial charge is 0.243 e. The van der Waals surface area contributed by atoms with Crippen LogP contribution in [0.25, 0.3) is 0 Å². The van der Waals surface area contributed by atoms with Gasteiger partial charge >= 0.3 is 0 Å². The highest BCUT2D eigenvalue weighted by Crippen LogP contribution is 2.15. The number of para-hydroxylation sites is 1. The zero-order valence-corrected chi connectivity index (χ0v) is 11.5. The zero-order valence-electron chi connectivity index (χ0n) is 11.5. The second kappa shape index (κ2) is 6.65. The van der Waals surface area contributed by atoms with E-state index in [1.807, 2.05) is 0 Å². The molecule has 0 saturated heterocycles. The summed E-state index contributed by atoms with van der Waals surface area (Å²) >= 11 is 0. The van der Waals surface area contributed by atoms with E-state index in [9.17, 15) is 14.0 Å². The molecule has 1 amide bonds. The molecule has 0 bridgehead atoms. The summed E-state index contributed by atoms with van der Waals surface area (Å²) in [5, 5.41) is 5.48. The first-order valence-electron chi connectivity index (χ1n) is 6.45. The molecule has 2 aromatic carbocycles. The Bertz CT molecular complexity index is 671. The number of anilines is 2. The molecule has 0 unspecified atom stereocenters. The van der Waals surface area contributed by atoms with Gasteiger partial charge in [-0.15, -0.1) is 0 Å². The maximum atomic E-state index is 13.0. The number of hydrogen-bond donors (Lipinski definition) is 2. The van der Waals surface area contributed by atoms with E-state index in [2.05, 4.69) is 10.6 Å². The summed E-state index contributed by atoms with van der Waals surface area (Å²) in [5.74, 6) is -0.806. The maximum Gasteiger partial charge on any atom is 0.243 e. The van der Waals surface area contributed by atoms with Crippen molar-refractivity contribution in [2.75, 3.05) is 17.2 Å². The number of carbonyl (C=O) groups is 2. The number of benzene rings is 2. The Balaban J connectivity index is 1.98. The Hall–Kier alpha value is -2.69. The largest absolute Gasteiger partial charge is 0.376 e. The monoisotopic (exact) mass is 286 g/mol. The van der Waals surface area contributed by atoms with E-state index in [0.29, 0.717) is 16.9 Å². The van der Waals surface area contributed by atoms with Crippen LogP contribution in [-0.2, 0) is 4.79 Å². The van der Waals surface area contributed by atoms with Crippen molar-refractivity contribution in [2.45, 2.75) is 6.92 Å². The topological polar surface area (TPSA) is 58.2 Å². The minimum Gasteiger partial charge on any atom is -0.376 e. The van der Waals surface area contributed by atoms with E-state index < -0.39 is 0 Å². The highest BCUT2D eigenvalue weighted by Gasteiger charge is 2.09. The van der Waals surface area contributed by atoms with Crippen LogP contribution in [0.15, 0.2) is 48.5 Å². The third kappa shape index (κ3) is 4.14. The highest BCUT2D eigenvalue weighted by atomic mass is 19.1. The van der Waals surface area contributed by atoms with E-state index in [1.54, 1.807) is 36.4 Å². The molecule has 0 aliphatic rings. The molecule has 0 aliphatic carbocycles. The molecule has 2 rings (SSSR count). The predicted molar refractivity (Wildman–Crippen MR) is 80.0 cm³/mol. The summed E-state index contributed by atoms with van der Waals surface area (Å²) in [6.07, 6.45) is 0. The first-order chi connectivity index (χ1) is 10.1. The molecule has 4 nitrogen and oxygen atoms in total. The normalized spacial score (nSPS) is 10.0. The summed E-state index contributed by atoms with van der Waals surface area (Å²) in [4.78, 5) is 23.3. The van der Waals surface area contributed by atoms with Crippen LogP contribution in [0.2, 0.25) is 0 Å². The van der Waals surface area contributed by atoms with Crippen molar-refractivity contribution in [3.63, 3.8) is 0 Å². The van der Waals surface area contributed by atoms with Crippen molar-refractivity contribution in [3.8, 4) is 0 Å². The van der Waals surface area contributed by atoms with Crippen LogP contribution in [0.3, 0.4) is 0 Å². The van der Waals surface area contributed by atoms with Crippen LogP contribution in [0, 0.1) is 5.82 Å². The predicted octanol–water partition coefficient (Wildman–Crippen LogP) is 3.08. The summed E-state index contributed by atoms with van der Waals surface area (Å²) in [6.45, 7) is 1.42. The molecule has 21 heavy (non-hydrogen) atoms. The van der Waals surface area contributed by atoms with Crippen LogP contribution in [-0.4, -0.2) is 18.2 Å². The van der Waals surface area contributed by atoms with Crippen molar-refractivity contribution in [3.05, 3.63) is 59.9 Å². The quantitative estimate of drug-likeness (QED) is 0.830. The van der Waals surface area contributed by atoms with Gasteiger partial charge in [-0.25, -0.2) is 4.39 Å². The lowest BCUT2D eigenvalue weighted by molar-refractivity contribution is -0.114. The molecule has 0 heterocycles. The Labute approximate surface area is 122 Å². The summed E-state index contributed by atoms with van der Waals surface area (Å²) in [6, 6.07) is 12.6. The minimum atomic E-state index is -0.373. The molecule has 5 heteroatoms. The molecule has 0 fully saturated rings. The summed E-state index contributed by atoms with van der Waals surface area (Å²) in [5.41, 5.74) is 1.44. The zero-order chi connectivity index (χ0) is 15.2. The number of Topliss-reactive ketones (excluding diaryl/α,β-unsaturated/α-hetero) is 1. The first kappa shape index (κ1) is 14.7. The van der Waals surface area contributed by atoms with E-state index in [0.717, 1.165) is 0 Å². The first-order valence-corrected chi connectivity index (χ1v) is 6.45. The van der Waals surface area contributed by atoms with Crippen molar-refractivity contribution >= 4 is 23.1 Å². The summed E-state index contributed by atoms with van der Waals surface area (Å²) in [7, 11) is 0. The second-order valence-corrected chi connectivity index (χ2v) is 4.51. The Morgan fingerprint density at radius 3 is 2.57 bits per heavy atom. The average molecular weight is 286 g/mol. The Morgan fingerprint density at radius 1 is 1.10 bits per heavy atom. The lowest BCUT2D eigenvalue weighted by atomic mass is 10.1. The van der Waals surface area contributed by atoms with E-state index in [1.165, 1.54) is 19.1 Å². The SMILES string of the molecule is CC(=O)c1ccccc1NC(=O)CNc1cccc(F)c1. The van der Waals surface area contributed by atoms with Gasteiger partial charge in [-0.3, -0.25) is 9.59 Å². The molecular formula is C16H15FN2O2. The Morgan fingerprint density at radius 2 is 1.86 bits per heavy atom. The number of nitrogens with one attached hydrogen (secondary N) is 2. The number of halogens is 1. The van der Waals surface area contributed by atoms with Gasteiger partial charge in [0.15, 0.2) is 5.78 Å². The third-order valence-electron chi connectivity index (χ3n) is 2.86. The van der Waals surface area contributed by atoms with Gasteiger partial charge < -0.3 is 10.6 Å². The van der Waals surface area contributed by atoms with Gasteiger partial charge in [-0.2, -0.15) is 0 Å². The molecule has 108 valence electrons. The second-order valence-electron chi connectivity index (χ2n) is 4.51. The standard InChI is InChI=1S/C16H15FN2O2/c1-11(20)14-7-2-3-8-15(14)19-16(21)10-18-13-6-4-5-12(17)9-13/h2-9,18H,10H2,1H3,(H,19,21). The molecule has 0 aliphatic heterocycles. The fraction of sp³-hybridized carbons (Fsp3) is 0.125. The number of rotatable bonds is 5. The molecule has 0 radical (unpaired) electrons. The van der Waals surface area contributed by atoms with Crippen molar-refractivity contribution < 1.29 is 14.0 Å². The van der Waals surface area contributed by atoms with Crippen LogP contribution in [0.5, 0.6) is 0 Å². The van der Waals surface area contributed by atoms with Crippen LogP contribution in [0.1, 0.15) is 17.3 Å². The van der Waals surface area contributed by atoms with Gasteiger partial charge in [0, 0.05) is 11.3 Å². The third-order valence-corrected chi connectivity index (χ3v) is 2.86. The van der Waals surface area contributed by atoms with E-state index in [4.69, 9.17) is 0 Å². The van der Waals surface area contributed by atoms with Gasteiger partial charge in [0.2, 0.25) is 5.91 Å². The summed E-state index contributed by atoms with van der Waals surface area (Å²) < 4.78 is 13.0. The number of hydrogen-bond acceptors (Lipinski definition) is 3. The lowest BCUT2D eigenvalue weighted by Crippen LogP contribution is -2.22. The van der Waals surface area contributed by atoms with Crippen molar-refractivity contribution in [1.82, 2.24) is 0 Å². The Kier molecular flexibility index (Phi) is 4.66. The lowest BCUT2D eigenvalue weighted by Gasteiger charge is -2.10. The highest BCUT2D eigenvalue weighted by molar-refractivity contribution is 6.04. The molecule has 0 spiro atoms. The fourth-order valence-electron chi connectivity index (χ4n) is 1.87. The number of ketones is 1. The van der Waals surface area contributed by atoms with Gasteiger partial charge in [-0.05, 0) is 37.3 Å². The number of carbonyl (C=O) groups excluding carboxylic acids is 2. The van der Waals surface area contributed by atoms with Crippen LogP contribution in [0.4, 0.5) is 15.8 Å². The van der Waals surface area contributed by atoms with Crippen molar-refractivity contribution in [1.29, 1.82) is 0 Å².